The minimum atomic E-state index is -4.81. The van der Waals surface area contributed by atoms with Crippen molar-refractivity contribution in [2.24, 2.45) is 0 Å². The molecule has 4 N–H and O–H groups in total. The molecular weight excluding hydrogens is 434 g/mol. The van der Waals surface area contributed by atoms with Crippen LogP contribution in [0.15, 0.2) is 0 Å². The molecule has 9 nitrogen and oxygen atoms in total. The zero-order chi connectivity index (χ0) is 22.7. The molecule has 30 heavy (non-hydrogen) atoms. The highest BCUT2D eigenvalue weighted by Crippen LogP contribution is 2.40. The normalized spacial score (nSPS) is 13.6. The third-order valence-corrected chi connectivity index (χ3v) is 5.72. The predicted octanol–water partition coefficient (Wildman–Crippen LogP) is 5.07. The third kappa shape index (κ3) is 24.4. The SMILES string of the molecule is CCCCCCCCCCCCCCCCOCC(COP(=O)(O)O)OP(=O)(O)O. The molecule has 0 spiro atoms. The lowest BCUT2D eigenvalue weighted by molar-refractivity contribution is 0.00360. The molecule has 0 radical (unpaired) electrons. The maximum Gasteiger partial charge on any atom is 0.470 e. The van der Waals surface area contributed by atoms with Gasteiger partial charge in [0.2, 0.25) is 0 Å². The standard InChI is InChI=1S/C19H42O9P2/c1-2-3-4-5-6-7-8-9-10-11-12-13-14-15-16-26-17-19(28-30(23,24)25)18-27-29(20,21)22/h19H,2-18H2,1H3,(H2,20,21,22)(H2,23,24,25). The molecular formula is C19H42O9P2. The van der Waals surface area contributed by atoms with E-state index in [0.717, 1.165) is 19.3 Å². The fourth-order valence-electron chi connectivity index (χ4n) is 3.10. The molecule has 0 heterocycles. The van der Waals surface area contributed by atoms with Crippen molar-refractivity contribution in [2.75, 3.05) is 19.8 Å². The van der Waals surface area contributed by atoms with Crippen molar-refractivity contribution in [2.45, 2.75) is 103 Å². The van der Waals surface area contributed by atoms with Gasteiger partial charge in [0.25, 0.3) is 0 Å². The van der Waals surface area contributed by atoms with Crippen LogP contribution in [0.3, 0.4) is 0 Å². The molecule has 0 saturated heterocycles. The van der Waals surface area contributed by atoms with Gasteiger partial charge in [0.15, 0.2) is 0 Å². The Bertz CT molecular complexity index is 479. The largest absolute Gasteiger partial charge is 0.470 e. The highest BCUT2D eigenvalue weighted by atomic mass is 31.2. The number of phosphoric ester groups is 2. The molecule has 0 rings (SSSR count). The van der Waals surface area contributed by atoms with E-state index in [0.29, 0.717) is 6.61 Å². The van der Waals surface area contributed by atoms with Crippen molar-refractivity contribution in [3.05, 3.63) is 0 Å². The molecule has 0 saturated carbocycles. The molecule has 0 aromatic carbocycles. The van der Waals surface area contributed by atoms with Crippen LogP contribution in [-0.4, -0.2) is 45.5 Å². The van der Waals surface area contributed by atoms with Gasteiger partial charge in [-0.25, -0.2) is 9.13 Å². The van der Waals surface area contributed by atoms with Gasteiger partial charge >= 0.3 is 15.6 Å². The highest BCUT2D eigenvalue weighted by molar-refractivity contribution is 7.46. The second-order valence-corrected chi connectivity index (χ2v) is 10.1. The van der Waals surface area contributed by atoms with Gasteiger partial charge in [-0.1, -0.05) is 90.4 Å². The van der Waals surface area contributed by atoms with Crippen molar-refractivity contribution in [3.63, 3.8) is 0 Å². The highest BCUT2D eigenvalue weighted by Gasteiger charge is 2.25. The topological polar surface area (TPSA) is 143 Å². The van der Waals surface area contributed by atoms with Crippen LogP contribution in [0.5, 0.6) is 0 Å². The lowest BCUT2D eigenvalue weighted by atomic mass is 10.0. The summed E-state index contributed by atoms with van der Waals surface area (Å²) in [7, 11) is -9.56. The van der Waals surface area contributed by atoms with Crippen LogP contribution in [0.2, 0.25) is 0 Å². The minimum absolute atomic E-state index is 0.219. The van der Waals surface area contributed by atoms with Crippen molar-refractivity contribution in [1.29, 1.82) is 0 Å². The molecule has 0 bridgehead atoms. The van der Waals surface area contributed by atoms with E-state index in [4.69, 9.17) is 24.3 Å². The first-order valence-electron chi connectivity index (χ1n) is 11.2. The van der Waals surface area contributed by atoms with Gasteiger partial charge < -0.3 is 24.3 Å². The van der Waals surface area contributed by atoms with E-state index in [1.807, 2.05) is 0 Å². The second kappa shape index (κ2) is 18.7. The second-order valence-electron chi connectivity index (χ2n) is 7.68. The Kier molecular flexibility index (Phi) is 18.8. The Morgan fingerprint density at radius 2 is 1.07 bits per heavy atom. The Morgan fingerprint density at radius 3 is 1.47 bits per heavy atom. The number of ether oxygens (including phenoxy) is 1. The Hall–Kier alpha value is 0.180. The van der Waals surface area contributed by atoms with Crippen molar-refractivity contribution in [3.8, 4) is 0 Å². The van der Waals surface area contributed by atoms with E-state index in [2.05, 4.69) is 16.0 Å². The Balaban J connectivity index is 3.56. The molecule has 0 fully saturated rings. The van der Waals surface area contributed by atoms with Crippen LogP contribution >= 0.6 is 15.6 Å². The monoisotopic (exact) mass is 476 g/mol. The summed E-state index contributed by atoms with van der Waals surface area (Å²) < 4.78 is 35.6. The summed E-state index contributed by atoms with van der Waals surface area (Å²) >= 11 is 0. The number of hydrogen-bond acceptors (Lipinski definition) is 5. The quantitative estimate of drug-likeness (QED) is 0.124. The summed E-state index contributed by atoms with van der Waals surface area (Å²) in [5.74, 6) is 0. The zero-order valence-electron chi connectivity index (χ0n) is 18.3. The van der Waals surface area contributed by atoms with Gasteiger partial charge in [0.1, 0.15) is 6.10 Å². The van der Waals surface area contributed by atoms with E-state index in [-0.39, 0.29) is 6.61 Å². The average molecular weight is 476 g/mol. The van der Waals surface area contributed by atoms with Gasteiger partial charge in [-0.15, -0.1) is 0 Å². The van der Waals surface area contributed by atoms with Crippen LogP contribution < -0.4 is 0 Å². The molecule has 11 heteroatoms. The molecule has 182 valence electrons. The summed E-state index contributed by atoms with van der Waals surface area (Å²) in [6, 6.07) is 0. The Morgan fingerprint density at radius 1 is 0.633 bits per heavy atom. The third-order valence-electron chi connectivity index (χ3n) is 4.66. The van der Waals surface area contributed by atoms with Crippen molar-refractivity contribution in [1.82, 2.24) is 0 Å². The summed E-state index contributed by atoms with van der Waals surface area (Å²) in [6.45, 7) is 1.73. The fraction of sp³-hybridized carbons (Fsp3) is 1.00. The molecule has 0 aromatic heterocycles. The molecule has 0 aliphatic rings. The van der Waals surface area contributed by atoms with Gasteiger partial charge in [0.05, 0.1) is 13.2 Å². The van der Waals surface area contributed by atoms with E-state index in [9.17, 15) is 9.13 Å². The van der Waals surface area contributed by atoms with Crippen LogP contribution in [-0.2, 0) is 22.9 Å². The summed E-state index contributed by atoms with van der Waals surface area (Å²) in [4.78, 5) is 35.0. The first-order valence-corrected chi connectivity index (χ1v) is 14.2. The predicted molar refractivity (Wildman–Crippen MR) is 116 cm³/mol. The number of phosphoric acid groups is 2. The van der Waals surface area contributed by atoms with Crippen molar-refractivity contribution < 1.29 is 42.5 Å². The maximum absolute atomic E-state index is 10.9. The summed E-state index contributed by atoms with van der Waals surface area (Å²) in [5, 5.41) is 0. The molecule has 0 amide bonds. The number of unbranched alkanes of at least 4 members (excludes halogenated alkanes) is 13. The minimum Gasteiger partial charge on any atom is -0.379 e. The molecule has 0 aliphatic carbocycles. The summed E-state index contributed by atoms with van der Waals surface area (Å²) in [6.07, 6.45) is 16.2. The average Bonchev–Trinajstić information content (AvgIpc) is 2.64. The van der Waals surface area contributed by atoms with Gasteiger partial charge in [-0.2, -0.15) is 0 Å². The van der Waals surface area contributed by atoms with E-state index in [1.54, 1.807) is 0 Å². The van der Waals surface area contributed by atoms with Crippen molar-refractivity contribution >= 4 is 15.6 Å². The fourth-order valence-corrected chi connectivity index (χ4v) is 3.97. The van der Waals surface area contributed by atoms with Crippen LogP contribution in [0, 0.1) is 0 Å². The van der Waals surface area contributed by atoms with Gasteiger partial charge in [0, 0.05) is 6.61 Å². The molecule has 0 aliphatic heterocycles. The smallest absolute Gasteiger partial charge is 0.379 e. The number of hydrogen-bond donors (Lipinski definition) is 4. The molecule has 1 unspecified atom stereocenters. The van der Waals surface area contributed by atoms with Gasteiger partial charge in [-0.05, 0) is 6.42 Å². The lowest BCUT2D eigenvalue weighted by Gasteiger charge is -2.18. The summed E-state index contributed by atoms with van der Waals surface area (Å²) in [5.41, 5.74) is 0. The zero-order valence-corrected chi connectivity index (χ0v) is 20.1. The van der Waals surface area contributed by atoms with E-state index >= 15 is 0 Å². The lowest BCUT2D eigenvalue weighted by Crippen LogP contribution is -2.24. The van der Waals surface area contributed by atoms with Crippen LogP contribution in [0.4, 0.5) is 0 Å². The maximum atomic E-state index is 10.9. The van der Waals surface area contributed by atoms with E-state index in [1.165, 1.54) is 70.6 Å². The van der Waals surface area contributed by atoms with E-state index < -0.39 is 28.4 Å². The first-order chi connectivity index (χ1) is 14.1. The Labute approximate surface area is 181 Å². The molecule has 1 atom stereocenters. The molecule has 0 aromatic rings. The van der Waals surface area contributed by atoms with Gasteiger partial charge in [-0.3, -0.25) is 9.05 Å². The first kappa shape index (κ1) is 30.2. The van der Waals surface area contributed by atoms with Crippen LogP contribution in [0.1, 0.15) is 96.8 Å². The number of rotatable bonds is 22. The van der Waals surface area contributed by atoms with Crippen LogP contribution in [0.25, 0.3) is 0 Å².